The Labute approximate surface area is 122 Å². The summed E-state index contributed by atoms with van der Waals surface area (Å²) in [6.45, 7) is 6.41. The van der Waals surface area contributed by atoms with E-state index in [2.05, 4.69) is 38.2 Å². The lowest BCUT2D eigenvalue weighted by molar-refractivity contribution is -0.122. The van der Waals surface area contributed by atoms with Crippen LogP contribution < -0.4 is 10.2 Å². The molecule has 2 aromatic rings. The summed E-state index contributed by atoms with van der Waals surface area (Å²) in [6, 6.07) is 2.05. The van der Waals surface area contributed by atoms with E-state index in [1.807, 2.05) is 6.92 Å². The predicted molar refractivity (Wildman–Crippen MR) is 79.0 cm³/mol. The second-order valence-electron chi connectivity index (χ2n) is 5.99. The highest BCUT2D eigenvalue weighted by molar-refractivity contribution is 5.91. The second-order valence-corrected chi connectivity index (χ2v) is 5.99. The molecule has 6 nitrogen and oxygen atoms in total. The Bertz CT molecular complexity index is 744. The number of amides is 1. The lowest BCUT2D eigenvalue weighted by Gasteiger charge is -2.20. The first-order valence-corrected chi connectivity index (χ1v) is 7.25. The summed E-state index contributed by atoms with van der Waals surface area (Å²) in [7, 11) is 0. The smallest absolute Gasteiger partial charge is 0.225 e. The topological polar surface area (TPSA) is 71.0 Å². The average Bonchev–Trinajstić information content (AvgIpc) is 3.00. The number of nitrogens with zero attached hydrogens (tertiary/aromatic N) is 4. The number of hydrogen-bond donors (Lipinski definition) is 1. The van der Waals surface area contributed by atoms with Gasteiger partial charge in [0.1, 0.15) is 12.1 Å². The van der Waals surface area contributed by atoms with E-state index in [0.717, 1.165) is 47.7 Å². The van der Waals surface area contributed by atoms with Crippen LogP contribution in [-0.4, -0.2) is 40.5 Å². The third-order valence-electron chi connectivity index (χ3n) is 4.53. The molecule has 0 spiro atoms. The van der Waals surface area contributed by atoms with Crippen LogP contribution in [0.1, 0.15) is 11.3 Å². The first kappa shape index (κ1) is 12.5. The molecule has 0 aromatic carbocycles. The Hall–Kier alpha value is -2.24. The third-order valence-corrected chi connectivity index (χ3v) is 4.53. The number of rotatable bonds is 1. The van der Waals surface area contributed by atoms with Crippen LogP contribution in [0.3, 0.4) is 0 Å². The Morgan fingerprint density at radius 2 is 2.14 bits per heavy atom. The van der Waals surface area contributed by atoms with Crippen molar-refractivity contribution in [2.24, 2.45) is 11.8 Å². The van der Waals surface area contributed by atoms with E-state index in [1.54, 1.807) is 6.33 Å². The van der Waals surface area contributed by atoms with E-state index in [0.29, 0.717) is 5.92 Å². The molecule has 108 valence electrons. The molecular formula is C15H17N5O. The first-order valence-electron chi connectivity index (χ1n) is 7.25. The van der Waals surface area contributed by atoms with Crippen LogP contribution in [0.25, 0.3) is 11.0 Å². The Balaban J connectivity index is 1.79. The fourth-order valence-corrected chi connectivity index (χ4v) is 3.54. The van der Waals surface area contributed by atoms with Crippen molar-refractivity contribution in [2.45, 2.75) is 13.8 Å². The van der Waals surface area contributed by atoms with E-state index in [4.69, 9.17) is 0 Å². The molecule has 2 aliphatic heterocycles. The SMILES string of the molecule is Cc1cc(C)c2c(N3C[C@@H]4CNC(=O)[C@@H]4C3)ncnc2n1. The van der Waals surface area contributed by atoms with Crippen molar-refractivity contribution in [1.29, 1.82) is 0 Å². The van der Waals surface area contributed by atoms with Gasteiger partial charge in [-0.3, -0.25) is 4.79 Å². The maximum atomic E-state index is 11.8. The van der Waals surface area contributed by atoms with Gasteiger partial charge in [0.25, 0.3) is 0 Å². The number of anilines is 1. The van der Waals surface area contributed by atoms with Gasteiger partial charge in [-0.2, -0.15) is 0 Å². The molecule has 6 heteroatoms. The highest BCUT2D eigenvalue weighted by Crippen LogP contribution is 2.34. The zero-order chi connectivity index (χ0) is 14.6. The van der Waals surface area contributed by atoms with Crippen molar-refractivity contribution in [3.05, 3.63) is 23.7 Å². The van der Waals surface area contributed by atoms with Gasteiger partial charge < -0.3 is 10.2 Å². The fraction of sp³-hybridized carbons (Fsp3) is 0.467. The maximum absolute atomic E-state index is 11.8. The molecule has 4 rings (SSSR count). The summed E-state index contributed by atoms with van der Waals surface area (Å²) in [6.07, 6.45) is 1.57. The molecule has 2 aromatic heterocycles. The van der Waals surface area contributed by atoms with Crippen molar-refractivity contribution >= 4 is 22.8 Å². The number of aromatic nitrogens is 3. The number of carbonyl (C=O) groups excluding carboxylic acids is 1. The zero-order valence-electron chi connectivity index (χ0n) is 12.1. The van der Waals surface area contributed by atoms with E-state index >= 15 is 0 Å². The van der Waals surface area contributed by atoms with E-state index in [-0.39, 0.29) is 11.8 Å². The lowest BCUT2D eigenvalue weighted by Crippen LogP contribution is -2.29. The van der Waals surface area contributed by atoms with Crippen molar-refractivity contribution in [3.8, 4) is 0 Å². The lowest BCUT2D eigenvalue weighted by atomic mass is 10.0. The molecule has 0 aliphatic carbocycles. The molecule has 1 amide bonds. The van der Waals surface area contributed by atoms with Crippen LogP contribution in [-0.2, 0) is 4.79 Å². The Morgan fingerprint density at radius 1 is 1.29 bits per heavy atom. The summed E-state index contributed by atoms with van der Waals surface area (Å²) >= 11 is 0. The van der Waals surface area contributed by atoms with Crippen LogP contribution in [0.15, 0.2) is 12.4 Å². The molecule has 0 saturated carbocycles. The number of fused-ring (bicyclic) bond motifs is 2. The van der Waals surface area contributed by atoms with E-state index in [9.17, 15) is 4.79 Å². The number of carbonyl (C=O) groups is 1. The summed E-state index contributed by atoms with van der Waals surface area (Å²) in [5.74, 6) is 1.56. The minimum atomic E-state index is 0.0914. The number of pyridine rings is 1. The third kappa shape index (κ3) is 1.86. The number of aryl methyl sites for hydroxylation is 2. The maximum Gasteiger partial charge on any atom is 0.225 e. The van der Waals surface area contributed by atoms with Crippen LogP contribution >= 0.6 is 0 Å². The van der Waals surface area contributed by atoms with Gasteiger partial charge in [-0.25, -0.2) is 15.0 Å². The van der Waals surface area contributed by atoms with Gasteiger partial charge in [0.15, 0.2) is 5.65 Å². The monoisotopic (exact) mass is 283 g/mol. The van der Waals surface area contributed by atoms with Crippen LogP contribution in [0.5, 0.6) is 0 Å². The molecule has 2 saturated heterocycles. The van der Waals surface area contributed by atoms with E-state index in [1.165, 1.54) is 0 Å². The second kappa shape index (κ2) is 4.38. The molecule has 2 atom stereocenters. The normalized spacial score (nSPS) is 24.5. The first-order chi connectivity index (χ1) is 10.1. The molecular weight excluding hydrogens is 266 g/mol. The summed E-state index contributed by atoms with van der Waals surface area (Å²) in [5, 5.41) is 3.94. The van der Waals surface area contributed by atoms with Crippen LogP contribution in [0.4, 0.5) is 5.82 Å². The van der Waals surface area contributed by atoms with Crippen molar-refractivity contribution in [2.75, 3.05) is 24.5 Å². The van der Waals surface area contributed by atoms with Gasteiger partial charge in [-0.1, -0.05) is 0 Å². The molecule has 0 bridgehead atoms. The summed E-state index contributed by atoms with van der Waals surface area (Å²) in [4.78, 5) is 27.3. The zero-order valence-corrected chi connectivity index (χ0v) is 12.1. The highest BCUT2D eigenvalue weighted by atomic mass is 16.2. The van der Waals surface area contributed by atoms with Gasteiger partial charge in [0.05, 0.1) is 11.3 Å². The molecule has 1 N–H and O–H groups in total. The summed E-state index contributed by atoms with van der Waals surface area (Å²) < 4.78 is 0. The van der Waals surface area contributed by atoms with Gasteiger partial charge >= 0.3 is 0 Å². The van der Waals surface area contributed by atoms with Gasteiger partial charge in [0, 0.05) is 31.2 Å². The Morgan fingerprint density at radius 3 is 2.95 bits per heavy atom. The average molecular weight is 283 g/mol. The molecule has 4 heterocycles. The molecule has 0 unspecified atom stereocenters. The van der Waals surface area contributed by atoms with Crippen molar-refractivity contribution in [3.63, 3.8) is 0 Å². The minimum Gasteiger partial charge on any atom is -0.355 e. The van der Waals surface area contributed by atoms with Crippen molar-refractivity contribution in [1.82, 2.24) is 20.3 Å². The minimum absolute atomic E-state index is 0.0914. The number of nitrogens with one attached hydrogen (secondary N) is 1. The standard InChI is InChI=1S/C15H17N5O/c1-8-3-9(2)19-13-12(8)14(18-7-17-13)20-5-10-4-16-15(21)11(10)6-20/h3,7,10-11H,4-6H2,1-2H3,(H,16,21)/t10-,11+/m0/s1. The quantitative estimate of drug-likeness (QED) is 0.839. The van der Waals surface area contributed by atoms with Crippen molar-refractivity contribution < 1.29 is 4.79 Å². The largest absolute Gasteiger partial charge is 0.355 e. The molecule has 2 aliphatic rings. The van der Waals surface area contributed by atoms with Crippen LogP contribution in [0.2, 0.25) is 0 Å². The number of hydrogen-bond acceptors (Lipinski definition) is 5. The molecule has 21 heavy (non-hydrogen) atoms. The molecule has 2 fully saturated rings. The molecule has 0 radical (unpaired) electrons. The predicted octanol–water partition coefficient (Wildman–Crippen LogP) is 0.824. The van der Waals surface area contributed by atoms with Crippen LogP contribution in [0, 0.1) is 25.7 Å². The summed E-state index contributed by atoms with van der Waals surface area (Å²) in [5.41, 5.74) is 2.83. The highest BCUT2D eigenvalue weighted by Gasteiger charge is 2.42. The van der Waals surface area contributed by atoms with Gasteiger partial charge in [-0.15, -0.1) is 0 Å². The van der Waals surface area contributed by atoms with E-state index < -0.39 is 0 Å². The van der Waals surface area contributed by atoms with Gasteiger partial charge in [0.2, 0.25) is 5.91 Å². The van der Waals surface area contributed by atoms with Gasteiger partial charge in [-0.05, 0) is 25.5 Å². The fourth-order valence-electron chi connectivity index (χ4n) is 3.54. The Kier molecular flexibility index (Phi) is 2.60.